The molecule has 1 aliphatic heterocycles. The molecule has 2 N–H and O–H groups in total. The summed E-state index contributed by atoms with van der Waals surface area (Å²) in [6.45, 7) is 0.715. The molecule has 7 heteroatoms. The van der Waals surface area contributed by atoms with Crippen LogP contribution in [0.1, 0.15) is 12.8 Å². The first-order chi connectivity index (χ1) is 9.12. The molecule has 0 aromatic carbocycles. The molecule has 1 atom stereocenters. The molecule has 6 nitrogen and oxygen atoms in total. The molecule has 1 fully saturated rings. The Morgan fingerprint density at radius 2 is 2.16 bits per heavy atom. The average Bonchev–Trinajstić information content (AvgIpc) is 2.42. The van der Waals surface area contributed by atoms with Gasteiger partial charge in [-0.25, -0.2) is 9.97 Å². The van der Waals surface area contributed by atoms with Gasteiger partial charge in [-0.15, -0.1) is 0 Å². The van der Waals surface area contributed by atoms with Crippen LogP contribution in [0.15, 0.2) is 11.2 Å². The van der Waals surface area contributed by atoms with Crippen molar-refractivity contribution in [3.8, 4) is 0 Å². The molecule has 0 radical (unpaired) electrons. The van der Waals surface area contributed by atoms with Crippen molar-refractivity contribution in [3.63, 3.8) is 0 Å². The van der Waals surface area contributed by atoms with Crippen molar-refractivity contribution in [1.29, 1.82) is 0 Å². The van der Waals surface area contributed by atoms with Crippen LogP contribution in [0.25, 0.3) is 0 Å². The topological polar surface area (TPSA) is 70.2 Å². The summed E-state index contributed by atoms with van der Waals surface area (Å²) in [5.41, 5.74) is 0. The fourth-order valence-corrected chi connectivity index (χ4v) is 2.44. The van der Waals surface area contributed by atoms with Gasteiger partial charge in [0.05, 0.1) is 0 Å². The number of nitrogens with one attached hydrogen (secondary N) is 2. The third-order valence-corrected chi connectivity index (χ3v) is 3.67. The van der Waals surface area contributed by atoms with Crippen LogP contribution in [0.4, 0.5) is 11.6 Å². The Bertz CT molecular complexity index is 445. The summed E-state index contributed by atoms with van der Waals surface area (Å²) in [7, 11) is 3.67. The highest BCUT2D eigenvalue weighted by Crippen LogP contribution is 2.20. The molecule has 1 amide bonds. The number of amides is 1. The van der Waals surface area contributed by atoms with E-state index in [1.54, 1.807) is 4.90 Å². The van der Waals surface area contributed by atoms with Gasteiger partial charge in [0.2, 0.25) is 5.91 Å². The third-order valence-electron chi connectivity index (χ3n) is 3.12. The van der Waals surface area contributed by atoms with Gasteiger partial charge in [-0.1, -0.05) is 11.8 Å². The fraction of sp³-hybridized carbons (Fsp3) is 0.583. The maximum atomic E-state index is 11.5. The highest BCUT2D eigenvalue weighted by atomic mass is 32.2. The van der Waals surface area contributed by atoms with Crippen LogP contribution in [-0.4, -0.2) is 53.7 Å². The lowest BCUT2D eigenvalue weighted by Crippen LogP contribution is -2.43. The first-order valence-corrected chi connectivity index (χ1v) is 7.46. The second kappa shape index (κ2) is 6.10. The summed E-state index contributed by atoms with van der Waals surface area (Å²) < 4.78 is 0. The predicted molar refractivity (Wildman–Crippen MR) is 77.6 cm³/mol. The number of likely N-dealkylation sites (tertiary alicyclic amines) is 1. The van der Waals surface area contributed by atoms with E-state index in [9.17, 15) is 4.79 Å². The number of piperidine rings is 1. The molecule has 1 aromatic rings. The zero-order valence-corrected chi connectivity index (χ0v) is 12.3. The van der Waals surface area contributed by atoms with Gasteiger partial charge in [0.15, 0.2) is 5.16 Å². The first-order valence-electron chi connectivity index (χ1n) is 6.23. The molecule has 0 saturated carbocycles. The van der Waals surface area contributed by atoms with Crippen molar-refractivity contribution in [2.45, 2.75) is 24.0 Å². The zero-order valence-electron chi connectivity index (χ0n) is 11.4. The monoisotopic (exact) mass is 281 g/mol. The van der Waals surface area contributed by atoms with E-state index in [0.29, 0.717) is 13.0 Å². The molecule has 19 heavy (non-hydrogen) atoms. The largest absolute Gasteiger partial charge is 0.373 e. The van der Waals surface area contributed by atoms with Gasteiger partial charge >= 0.3 is 0 Å². The van der Waals surface area contributed by atoms with E-state index in [0.717, 1.165) is 23.2 Å². The van der Waals surface area contributed by atoms with E-state index >= 15 is 0 Å². The zero-order chi connectivity index (χ0) is 13.8. The van der Waals surface area contributed by atoms with Crippen molar-refractivity contribution in [2.75, 3.05) is 37.5 Å². The van der Waals surface area contributed by atoms with Gasteiger partial charge in [-0.05, 0) is 12.7 Å². The Balaban J connectivity index is 2.08. The lowest BCUT2D eigenvalue weighted by molar-refractivity contribution is -0.132. The molecule has 1 unspecified atom stereocenters. The molecule has 104 valence electrons. The highest BCUT2D eigenvalue weighted by molar-refractivity contribution is 7.98. The third kappa shape index (κ3) is 3.50. The number of carbonyl (C=O) groups excluding carboxylic acids is 1. The first kappa shape index (κ1) is 13.9. The van der Waals surface area contributed by atoms with Crippen molar-refractivity contribution in [2.24, 2.45) is 0 Å². The lowest BCUT2D eigenvalue weighted by Gasteiger charge is -2.30. The SMILES string of the molecule is CNc1cc(NC2CCC(=O)N(C)C2)nc(SC)n1. The minimum Gasteiger partial charge on any atom is -0.373 e. The van der Waals surface area contributed by atoms with Crippen LogP contribution < -0.4 is 10.6 Å². The number of hydrogen-bond acceptors (Lipinski definition) is 6. The Hall–Kier alpha value is -1.50. The second-order valence-corrected chi connectivity index (χ2v) is 5.30. The predicted octanol–water partition coefficient (Wildman–Crippen LogP) is 1.27. The second-order valence-electron chi connectivity index (χ2n) is 4.53. The number of carbonyl (C=O) groups is 1. The smallest absolute Gasteiger partial charge is 0.222 e. The molecule has 1 aromatic heterocycles. The molecule has 1 aliphatic rings. The molecule has 2 rings (SSSR count). The molecule has 0 bridgehead atoms. The molecular formula is C12H19N5OS. The van der Waals surface area contributed by atoms with Crippen molar-refractivity contribution in [3.05, 3.63) is 6.07 Å². The number of likely N-dealkylation sites (N-methyl/N-ethyl adjacent to an activating group) is 1. The van der Waals surface area contributed by atoms with Gasteiger partial charge in [0, 0.05) is 39.2 Å². The number of anilines is 2. The van der Waals surface area contributed by atoms with E-state index in [-0.39, 0.29) is 11.9 Å². The van der Waals surface area contributed by atoms with Crippen LogP contribution in [-0.2, 0) is 4.79 Å². The van der Waals surface area contributed by atoms with E-state index in [2.05, 4.69) is 20.6 Å². The summed E-state index contributed by atoms with van der Waals surface area (Å²) in [4.78, 5) is 22.0. The summed E-state index contributed by atoms with van der Waals surface area (Å²) in [6.07, 6.45) is 3.38. The van der Waals surface area contributed by atoms with E-state index in [1.807, 2.05) is 26.4 Å². The van der Waals surface area contributed by atoms with Crippen LogP contribution in [0.5, 0.6) is 0 Å². The van der Waals surface area contributed by atoms with Crippen LogP contribution in [0, 0.1) is 0 Å². The van der Waals surface area contributed by atoms with Gasteiger partial charge < -0.3 is 15.5 Å². The maximum absolute atomic E-state index is 11.5. The van der Waals surface area contributed by atoms with Gasteiger partial charge in [-0.3, -0.25) is 4.79 Å². The number of aromatic nitrogens is 2. The highest BCUT2D eigenvalue weighted by Gasteiger charge is 2.23. The average molecular weight is 281 g/mol. The van der Waals surface area contributed by atoms with Crippen LogP contribution >= 0.6 is 11.8 Å². The fourth-order valence-electron chi connectivity index (χ4n) is 2.06. The van der Waals surface area contributed by atoms with Crippen molar-refractivity contribution in [1.82, 2.24) is 14.9 Å². The van der Waals surface area contributed by atoms with E-state index in [4.69, 9.17) is 0 Å². The van der Waals surface area contributed by atoms with E-state index in [1.165, 1.54) is 11.8 Å². The van der Waals surface area contributed by atoms with Gasteiger partial charge in [0.1, 0.15) is 11.6 Å². The molecule has 2 heterocycles. The van der Waals surface area contributed by atoms with E-state index < -0.39 is 0 Å². The van der Waals surface area contributed by atoms with Gasteiger partial charge in [0.25, 0.3) is 0 Å². The summed E-state index contributed by atoms with van der Waals surface area (Å²) in [5, 5.41) is 7.14. The Morgan fingerprint density at radius 3 is 2.79 bits per heavy atom. The number of hydrogen-bond donors (Lipinski definition) is 2. The summed E-state index contributed by atoms with van der Waals surface area (Å²) >= 11 is 1.51. The normalized spacial score (nSPS) is 19.4. The lowest BCUT2D eigenvalue weighted by atomic mass is 10.1. The molecule has 1 saturated heterocycles. The minimum absolute atomic E-state index is 0.210. The Kier molecular flexibility index (Phi) is 4.47. The molecule has 0 aliphatic carbocycles. The quantitative estimate of drug-likeness (QED) is 0.640. The van der Waals surface area contributed by atoms with Crippen LogP contribution in [0.2, 0.25) is 0 Å². The summed E-state index contributed by atoms with van der Waals surface area (Å²) in [5.74, 6) is 1.81. The molecule has 0 spiro atoms. The number of rotatable bonds is 4. The van der Waals surface area contributed by atoms with Crippen LogP contribution in [0.3, 0.4) is 0 Å². The van der Waals surface area contributed by atoms with Crippen molar-refractivity contribution >= 4 is 29.3 Å². The standard InChI is InChI=1S/C12H19N5OS/c1-13-9-6-10(16-12(15-9)19-3)14-8-4-5-11(18)17(2)7-8/h6,8H,4-5,7H2,1-3H3,(H2,13,14,15,16). The van der Waals surface area contributed by atoms with Crippen molar-refractivity contribution < 1.29 is 4.79 Å². The number of nitrogens with zero attached hydrogens (tertiary/aromatic N) is 3. The van der Waals surface area contributed by atoms with Gasteiger partial charge in [-0.2, -0.15) is 0 Å². The Labute approximate surface area is 117 Å². The minimum atomic E-state index is 0.210. The Morgan fingerprint density at radius 1 is 1.42 bits per heavy atom. The maximum Gasteiger partial charge on any atom is 0.222 e. The molecular weight excluding hydrogens is 262 g/mol. The number of thioether (sulfide) groups is 1. The summed E-state index contributed by atoms with van der Waals surface area (Å²) in [6, 6.07) is 2.13.